The number of methoxy groups -OCH3 is 2. The molecule has 2 rings (SSSR count). The van der Waals surface area contributed by atoms with Crippen LogP contribution in [-0.4, -0.2) is 25.2 Å². The minimum atomic E-state index is -0.0777. The molecule has 0 aliphatic carbocycles. The van der Waals surface area contributed by atoms with Crippen molar-refractivity contribution in [2.45, 2.75) is 19.4 Å². The number of nitrogens with one attached hydrogen (secondary N) is 1. The minimum Gasteiger partial charge on any atom is -0.508 e. The van der Waals surface area contributed by atoms with Gasteiger partial charge in [0.2, 0.25) is 5.91 Å². The average molecular weight is 315 g/mol. The van der Waals surface area contributed by atoms with Crippen molar-refractivity contribution in [2.75, 3.05) is 14.2 Å². The molecular formula is C18H21NO4. The van der Waals surface area contributed by atoms with Crippen LogP contribution in [0.1, 0.15) is 17.5 Å². The zero-order chi connectivity index (χ0) is 16.7. The molecule has 5 heteroatoms. The first kappa shape index (κ1) is 16.7. The van der Waals surface area contributed by atoms with Crippen molar-refractivity contribution in [2.24, 2.45) is 0 Å². The first-order chi connectivity index (χ1) is 11.1. The third-order valence-electron chi connectivity index (χ3n) is 3.58. The Kier molecular flexibility index (Phi) is 5.86. The quantitative estimate of drug-likeness (QED) is 0.824. The van der Waals surface area contributed by atoms with Gasteiger partial charge in [0.05, 0.1) is 14.2 Å². The second-order valence-electron chi connectivity index (χ2n) is 5.08. The predicted octanol–water partition coefficient (Wildman–Crippen LogP) is 2.66. The predicted molar refractivity (Wildman–Crippen MR) is 87.8 cm³/mol. The van der Waals surface area contributed by atoms with Gasteiger partial charge in [-0.05, 0) is 30.2 Å². The largest absolute Gasteiger partial charge is 0.508 e. The van der Waals surface area contributed by atoms with E-state index in [2.05, 4.69) is 5.32 Å². The van der Waals surface area contributed by atoms with Crippen LogP contribution in [0.4, 0.5) is 0 Å². The zero-order valence-electron chi connectivity index (χ0n) is 13.3. The van der Waals surface area contributed by atoms with E-state index in [-0.39, 0.29) is 11.7 Å². The number of benzene rings is 2. The van der Waals surface area contributed by atoms with Crippen LogP contribution in [0.15, 0.2) is 42.5 Å². The van der Waals surface area contributed by atoms with Crippen LogP contribution in [0.5, 0.6) is 17.2 Å². The van der Waals surface area contributed by atoms with E-state index >= 15 is 0 Å². The molecule has 0 radical (unpaired) electrons. The summed E-state index contributed by atoms with van der Waals surface area (Å²) < 4.78 is 10.4. The van der Waals surface area contributed by atoms with E-state index in [0.29, 0.717) is 30.9 Å². The zero-order valence-corrected chi connectivity index (χ0v) is 13.3. The molecule has 0 atom stereocenters. The van der Waals surface area contributed by atoms with Gasteiger partial charge in [0.25, 0.3) is 0 Å². The lowest BCUT2D eigenvalue weighted by Crippen LogP contribution is -2.23. The molecule has 0 unspecified atom stereocenters. The van der Waals surface area contributed by atoms with E-state index in [0.717, 1.165) is 11.1 Å². The summed E-state index contributed by atoms with van der Waals surface area (Å²) in [5.74, 6) is 1.52. The summed E-state index contributed by atoms with van der Waals surface area (Å²) in [4.78, 5) is 12.0. The van der Waals surface area contributed by atoms with Gasteiger partial charge in [-0.2, -0.15) is 0 Å². The van der Waals surface area contributed by atoms with Crippen molar-refractivity contribution in [1.82, 2.24) is 5.32 Å². The fourth-order valence-electron chi connectivity index (χ4n) is 2.25. The van der Waals surface area contributed by atoms with Gasteiger partial charge >= 0.3 is 0 Å². The lowest BCUT2D eigenvalue weighted by molar-refractivity contribution is -0.121. The molecule has 0 aliphatic heterocycles. The summed E-state index contributed by atoms with van der Waals surface area (Å²) in [6, 6.07) is 12.5. The molecule has 0 spiro atoms. The third-order valence-corrected chi connectivity index (χ3v) is 3.58. The summed E-state index contributed by atoms with van der Waals surface area (Å²) in [5.41, 5.74) is 1.65. The van der Waals surface area contributed by atoms with Gasteiger partial charge in [0.1, 0.15) is 17.2 Å². The van der Waals surface area contributed by atoms with Crippen LogP contribution >= 0.6 is 0 Å². The first-order valence-corrected chi connectivity index (χ1v) is 7.38. The fourth-order valence-corrected chi connectivity index (χ4v) is 2.25. The Labute approximate surface area is 135 Å². The molecular weight excluding hydrogens is 294 g/mol. The van der Waals surface area contributed by atoms with E-state index in [1.165, 1.54) is 0 Å². The third kappa shape index (κ3) is 4.64. The molecule has 2 N–H and O–H groups in total. The van der Waals surface area contributed by atoms with E-state index in [9.17, 15) is 9.90 Å². The normalized spacial score (nSPS) is 10.2. The first-order valence-electron chi connectivity index (χ1n) is 7.38. The lowest BCUT2D eigenvalue weighted by atomic mass is 10.1. The summed E-state index contributed by atoms with van der Waals surface area (Å²) in [5, 5.41) is 12.5. The molecule has 1 amide bonds. The number of ether oxygens (including phenoxy) is 2. The van der Waals surface area contributed by atoms with Gasteiger partial charge in [-0.3, -0.25) is 4.79 Å². The van der Waals surface area contributed by atoms with Crippen LogP contribution < -0.4 is 14.8 Å². The summed E-state index contributed by atoms with van der Waals surface area (Å²) in [7, 11) is 3.17. The van der Waals surface area contributed by atoms with Gasteiger partial charge < -0.3 is 19.9 Å². The summed E-state index contributed by atoms with van der Waals surface area (Å²) in [6.45, 7) is 0.382. The number of para-hydroxylation sites is 1. The van der Waals surface area contributed by atoms with Crippen molar-refractivity contribution in [3.8, 4) is 17.2 Å². The maximum absolute atomic E-state index is 12.0. The smallest absolute Gasteiger partial charge is 0.220 e. The van der Waals surface area contributed by atoms with Crippen molar-refractivity contribution in [3.63, 3.8) is 0 Å². The Morgan fingerprint density at radius 3 is 2.57 bits per heavy atom. The Balaban J connectivity index is 1.88. The van der Waals surface area contributed by atoms with E-state index in [1.807, 2.05) is 24.3 Å². The number of aromatic hydroxyl groups is 1. The molecule has 0 saturated carbocycles. The Morgan fingerprint density at radius 2 is 1.87 bits per heavy atom. The lowest BCUT2D eigenvalue weighted by Gasteiger charge is -2.11. The number of amides is 1. The van der Waals surface area contributed by atoms with E-state index < -0.39 is 0 Å². The van der Waals surface area contributed by atoms with Crippen molar-refractivity contribution < 1.29 is 19.4 Å². The Bertz CT molecular complexity index is 670. The number of hydrogen-bond donors (Lipinski definition) is 2. The van der Waals surface area contributed by atoms with E-state index in [4.69, 9.17) is 9.47 Å². The van der Waals surface area contributed by atoms with Crippen molar-refractivity contribution in [1.29, 1.82) is 0 Å². The maximum atomic E-state index is 12.0. The SMILES string of the molecule is COc1ccc(CNC(=O)CCc2ccccc2O)c(OC)c1. The standard InChI is InChI=1S/C18H21NO4/c1-22-15-9-7-14(17(11-15)23-2)12-19-18(21)10-8-13-5-3-4-6-16(13)20/h3-7,9,11,20H,8,10,12H2,1-2H3,(H,19,21). The molecule has 0 aliphatic rings. The molecule has 2 aromatic carbocycles. The highest BCUT2D eigenvalue weighted by molar-refractivity contribution is 5.76. The van der Waals surface area contributed by atoms with Gasteiger partial charge in [-0.15, -0.1) is 0 Å². The number of aryl methyl sites for hydroxylation is 1. The molecule has 0 fully saturated rings. The van der Waals surface area contributed by atoms with Crippen molar-refractivity contribution in [3.05, 3.63) is 53.6 Å². The number of carbonyl (C=O) groups is 1. The highest BCUT2D eigenvalue weighted by atomic mass is 16.5. The van der Waals surface area contributed by atoms with Crippen LogP contribution in [-0.2, 0) is 17.8 Å². The van der Waals surface area contributed by atoms with Gasteiger partial charge in [0, 0.05) is 24.6 Å². The van der Waals surface area contributed by atoms with Crippen LogP contribution in [0.3, 0.4) is 0 Å². The van der Waals surface area contributed by atoms with Gasteiger partial charge in [-0.1, -0.05) is 18.2 Å². The minimum absolute atomic E-state index is 0.0777. The number of rotatable bonds is 7. The number of carbonyl (C=O) groups excluding carboxylic acids is 1. The molecule has 0 aromatic heterocycles. The topological polar surface area (TPSA) is 67.8 Å². The highest BCUT2D eigenvalue weighted by Crippen LogP contribution is 2.24. The molecule has 0 heterocycles. The summed E-state index contributed by atoms with van der Waals surface area (Å²) >= 11 is 0. The Hall–Kier alpha value is -2.69. The van der Waals surface area contributed by atoms with Crippen LogP contribution in [0, 0.1) is 0 Å². The number of phenols is 1. The Morgan fingerprint density at radius 1 is 1.09 bits per heavy atom. The fraction of sp³-hybridized carbons (Fsp3) is 0.278. The molecule has 0 bridgehead atoms. The second-order valence-corrected chi connectivity index (χ2v) is 5.08. The number of phenolic OH excluding ortho intramolecular Hbond substituents is 1. The van der Waals surface area contributed by atoms with Crippen molar-refractivity contribution >= 4 is 5.91 Å². The molecule has 2 aromatic rings. The van der Waals surface area contributed by atoms with Gasteiger partial charge in [-0.25, -0.2) is 0 Å². The average Bonchev–Trinajstić information content (AvgIpc) is 2.59. The monoisotopic (exact) mass is 315 g/mol. The molecule has 23 heavy (non-hydrogen) atoms. The number of hydrogen-bond acceptors (Lipinski definition) is 4. The summed E-state index contributed by atoms with van der Waals surface area (Å²) in [6.07, 6.45) is 0.814. The van der Waals surface area contributed by atoms with Crippen LogP contribution in [0.2, 0.25) is 0 Å². The van der Waals surface area contributed by atoms with Crippen LogP contribution in [0.25, 0.3) is 0 Å². The molecule has 0 saturated heterocycles. The second kappa shape index (κ2) is 8.08. The van der Waals surface area contributed by atoms with Gasteiger partial charge in [0.15, 0.2) is 0 Å². The molecule has 122 valence electrons. The maximum Gasteiger partial charge on any atom is 0.220 e. The highest BCUT2D eigenvalue weighted by Gasteiger charge is 2.08. The van der Waals surface area contributed by atoms with E-state index in [1.54, 1.807) is 32.4 Å². The molecule has 5 nitrogen and oxygen atoms in total.